The van der Waals surface area contributed by atoms with Crippen LogP contribution >= 0.6 is 0 Å². The summed E-state index contributed by atoms with van der Waals surface area (Å²) in [5.41, 5.74) is 1.95. The summed E-state index contributed by atoms with van der Waals surface area (Å²) in [5, 5.41) is 5.55. The molecule has 1 aliphatic rings. The van der Waals surface area contributed by atoms with Crippen LogP contribution in [0.2, 0.25) is 0 Å². The Balaban J connectivity index is 1.50. The number of nitrogens with one attached hydrogen (secondary N) is 2. The summed E-state index contributed by atoms with van der Waals surface area (Å²) in [6.07, 6.45) is 1.38. The van der Waals surface area contributed by atoms with E-state index in [0.717, 1.165) is 30.8 Å². The molecule has 3 rings (SSSR count). The molecule has 2 N–H and O–H groups in total. The normalized spacial score (nSPS) is 14.9. The first-order chi connectivity index (χ1) is 14.6. The lowest BCUT2D eigenvalue weighted by Crippen LogP contribution is -2.56. The van der Waals surface area contributed by atoms with E-state index in [0.29, 0.717) is 19.5 Å². The minimum absolute atomic E-state index is 0.0403. The number of piperazine rings is 1. The van der Waals surface area contributed by atoms with Crippen LogP contribution in [-0.4, -0.2) is 49.1 Å². The van der Waals surface area contributed by atoms with E-state index in [9.17, 15) is 14.0 Å². The lowest BCUT2D eigenvalue weighted by atomic mass is 10.1. The maximum Gasteiger partial charge on any atom is 0.315 e. The number of benzene rings is 2. The third-order valence-electron chi connectivity index (χ3n) is 5.26. The molecule has 0 spiro atoms. The molecular weight excluding hydrogens is 383 g/mol. The molecule has 3 amide bonds. The standard InChI is InChI=1S/C23H29FN4O2/c1-2-6-21(26-23(30)25-17-18-9-11-19(24)12-10-18)22(29)28-15-13-27(14-16-28)20-7-4-3-5-8-20/h3-5,7-12,21H,2,6,13-17H2,1H3,(H2,25,26,30)/t21-/m1/s1. The first-order valence-electron chi connectivity index (χ1n) is 10.4. The van der Waals surface area contributed by atoms with Crippen molar-refractivity contribution in [3.8, 4) is 0 Å². The van der Waals surface area contributed by atoms with Gasteiger partial charge in [0.25, 0.3) is 0 Å². The quantitative estimate of drug-likeness (QED) is 0.734. The molecule has 1 aliphatic heterocycles. The summed E-state index contributed by atoms with van der Waals surface area (Å²) in [6.45, 7) is 5.07. The van der Waals surface area contributed by atoms with Gasteiger partial charge in [0.1, 0.15) is 11.9 Å². The van der Waals surface area contributed by atoms with Crippen molar-refractivity contribution in [3.05, 3.63) is 66.0 Å². The summed E-state index contributed by atoms with van der Waals surface area (Å²) >= 11 is 0. The van der Waals surface area contributed by atoms with Crippen LogP contribution in [0.4, 0.5) is 14.9 Å². The van der Waals surface area contributed by atoms with Gasteiger partial charge < -0.3 is 20.4 Å². The fourth-order valence-corrected chi connectivity index (χ4v) is 3.58. The highest BCUT2D eigenvalue weighted by Gasteiger charge is 2.28. The average Bonchev–Trinajstić information content (AvgIpc) is 2.78. The van der Waals surface area contributed by atoms with E-state index in [1.54, 1.807) is 12.1 Å². The van der Waals surface area contributed by atoms with Crippen molar-refractivity contribution in [3.63, 3.8) is 0 Å². The molecule has 1 atom stereocenters. The highest BCUT2D eigenvalue weighted by molar-refractivity contribution is 5.87. The van der Waals surface area contributed by atoms with E-state index in [1.807, 2.05) is 30.0 Å². The third kappa shape index (κ3) is 5.95. The number of para-hydroxylation sites is 1. The number of halogens is 1. The Labute approximate surface area is 177 Å². The zero-order chi connectivity index (χ0) is 21.3. The van der Waals surface area contributed by atoms with Gasteiger partial charge in [0.15, 0.2) is 0 Å². The van der Waals surface area contributed by atoms with Gasteiger partial charge in [0, 0.05) is 38.4 Å². The molecule has 7 heteroatoms. The minimum Gasteiger partial charge on any atom is -0.368 e. The second kappa shape index (κ2) is 10.6. The van der Waals surface area contributed by atoms with Gasteiger partial charge in [-0.2, -0.15) is 0 Å². The van der Waals surface area contributed by atoms with Gasteiger partial charge in [-0.25, -0.2) is 9.18 Å². The fraction of sp³-hybridized carbons (Fsp3) is 0.391. The van der Waals surface area contributed by atoms with Gasteiger partial charge in [0.05, 0.1) is 0 Å². The van der Waals surface area contributed by atoms with Crippen molar-refractivity contribution in [1.82, 2.24) is 15.5 Å². The summed E-state index contributed by atoms with van der Waals surface area (Å²) in [7, 11) is 0. The number of hydrogen-bond donors (Lipinski definition) is 2. The van der Waals surface area contributed by atoms with Gasteiger partial charge >= 0.3 is 6.03 Å². The lowest BCUT2D eigenvalue weighted by Gasteiger charge is -2.37. The molecular formula is C23H29FN4O2. The Bertz CT molecular complexity index is 821. The molecule has 0 saturated carbocycles. The summed E-state index contributed by atoms with van der Waals surface area (Å²) in [6, 6.07) is 15.2. The molecule has 1 fully saturated rings. The van der Waals surface area contributed by atoms with Crippen molar-refractivity contribution in [2.24, 2.45) is 0 Å². The molecule has 30 heavy (non-hydrogen) atoms. The van der Waals surface area contributed by atoms with E-state index in [2.05, 4.69) is 27.7 Å². The van der Waals surface area contributed by atoms with Crippen LogP contribution in [0.1, 0.15) is 25.3 Å². The molecule has 160 valence electrons. The van der Waals surface area contributed by atoms with Crippen LogP contribution in [0, 0.1) is 5.82 Å². The van der Waals surface area contributed by atoms with Gasteiger partial charge in [0.2, 0.25) is 5.91 Å². The zero-order valence-corrected chi connectivity index (χ0v) is 17.3. The van der Waals surface area contributed by atoms with Gasteiger partial charge in [-0.15, -0.1) is 0 Å². The molecule has 2 aromatic rings. The van der Waals surface area contributed by atoms with E-state index in [-0.39, 0.29) is 18.3 Å². The van der Waals surface area contributed by atoms with Crippen LogP contribution in [0.5, 0.6) is 0 Å². The first kappa shape index (κ1) is 21.6. The molecule has 0 aliphatic carbocycles. The smallest absolute Gasteiger partial charge is 0.315 e. The van der Waals surface area contributed by atoms with Crippen molar-refractivity contribution >= 4 is 17.6 Å². The number of anilines is 1. The Morgan fingerprint density at radius 1 is 1.00 bits per heavy atom. The van der Waals surface area contributed by atoms with Crippen molar-refractivity contribution in [1.29, 1.82) is 0 Å². The zero-order valence-electron chi connectivity index (χ0n) is 17.3. The largest absolute Gasteiger partial charge is 0.368 e. The average molecular weight is 413 g/mol. The van der Waals surface area contributed by atoms with E-state index < -0.39 is 12.1 Å². The minimum atomic E-state index is -0.550. The SMILES string of the molecule is CCC[C@@H](NC(=O)NCc1ccc(F)cc1)C(=O)N1CCN(c2ccccc2)CC1. The topological polar surface area (TPSA) is 64.7 Å². The van der Waals surface area contributed by atoms with Gasteiger partial charge in [-0.3, -0.25) is 4.79 Å². The number of carbonyl (C=O) groups excluding carboxylic acids is 2. The molecule has 0 radical (unpaired) electrons. The fourth-order valence-electron chi connectivity index (χ4n) is 3.58. The van der Waals surface area contributed by atoms with Crippen molar-refractivity contribution in [2.45, 2.75) is 32.4 Å². The Morgan fingerprint density at radius 3 is 2.30 bits per heavy atom. The second-order valence-corrected chi connectivity index (χ2v) is 7.44. The number of urea groups is 1. The molecule has 1 saturated heterocycles. The predicted octanol–water partition coefficient (Wildman–Crippen LogP) is 3.14. The predicted molar refractivity (Wildman–Crippen MR) is 116 cm³/mol. The van der Waals surface area contributed by atoms with Crippen molar-refractivity contribution < 1.29 is 14.0 Å². The number of hydrogen-bond acceptors (Lipinski definition) is 3. The number of amides is 3. The van der Waals surface area contributed by atoms with E-state index in [4.69, 9.17) is 0 Å². The Hall–Kier alpha value is -3.09. The molecule has 0 unspecified atom stereocenters. The van der Waals surface area contributed by atoms with Gasteiger partial charge in [-0.05, 0) is 36.2 Å². The molecule has 1 heterocycles. The number of nitrogens with zero attached hydrogens (tertiary/aromatic N) is 2. The number of carbonyl (C=O) groups is 2. The van der Waals surface area contributed by atoms with Crippen LogP contribution in [0.25, 0.3) is 0 Å². The van der Waals surface area contributed by atoms with Crippen LogP contribution in [0.3, 0.4) is 0 Å². The summed E-state index contributed by atoms with van der Waals surface area (Å²) in [5.74, 6) is -0.356. The highest BCUT2D eigenvalue weighted by atomic mass is 19.1. The summed E-state index contributed by atoms with van der Waals surface area (Å²) < 4.78 is 13.0. The molecule has 2 aromatic carbocycles. The van der Waals surface area contributed by atoms with Crippen molar-refractivity contribution in [2.75, 3.05) is 31.1 Å². The highest BCUT2D eigenvalue weighted by Crippen LogP contribution is 2.16. The molecule has 0 bridgehead atoms. The maximum absolute atomic E-state index is 13.0. The second-order valence-electron chi connectivity index (χ2n) is 7.44. The van der Waals surface area contributed by atoms with Crippen LogP contribution in [0.15, 0.2) is 54.6 Å². The maximum atomic E-state index is 13.0. The lowest BCUT2D eigenvalue weighted by molar-refractivity contribution is -0.133. The number of rotatable bonds is 7. The first-order valence-corrected chi connectivity index (χ1v) is 10.4. The Kier molecular flexibility index (Phi) is 7.65. The van der Waals surface area contributed by atoms with E-state index in [1.165, 1.54) is 12.1 Å². The third-order valence-corrected chi connectivity index (χ3v) is 5.26. The van der Waals surface area contributed by atoms with Crippen LogP contribution < -0.4 is 15.5 Å². The van der Waals surface area contributed by atoms with Crippen LogP contribution in [-0.2, 0) is 11.3 Å². The molecule has 6 nitrogen and oxygen atoms in total. The van der Waals surface area contributed by atoms with Gasteiger partial charge in [-0.1, -0.05) is 43.7 Å². The van der Waals surface area contributed by atoms with E-state index >= 15 is 0 Å². The molecule has 0 aromatic heterocycles. The monoisotopic (exact) mass is 412 g/mol. The summed E-state index contributed by atoms with van der Waals surface area (Å²) in [4.78, 5) is 29.4. The Morgan fingerprint density at radius 2 is 1.67 bits per heavy atom.